The van der Waals surface area contributed by atoms with Gasteiger partial charge in [-0.05, 0) is 24.1 Å². The highest BCUT2D eigenvalue weighted by Gasteiger charge is 2.53. The van der Waals surface area contributed by atoms with Crippen molar-refractivity contribution in [1.29, 1.82) is 0 Å². The normalized spacial score (nSPS) is 27.7. The molecule has 0 bridgehead atoms. The summed E-state index contributed by atoms with van der Waals surface area (Å²) in [5.74, 6) is 0.185. The molecule has 0 saturated heterocycles. The van der Waals surface area contributed by atoms with Crippen LogP contribution in [0.2, 0.25) is 0 Å². The van der Waals surface area contributed by atoms with E-state index < -0.39 is 17.7 Å². The van der Waals surface area contributed by atoms with E-state index in [9.17, 15) is 4.79 Å². The van der Waals surface area contributed by atoms with Crippen molar-refractivity contribution >= 4 is 5.97 Å². The molecule has 2 aliphatic rings. The second kappa shape index (κ2) is 5.08. The van der Waals surface area contributed by atoms with E-state index in [1.54, 1.807) is 12.1 Å². The largest absolute Gasteiger partial charge is 0.493 e. The van der Waals surface area contributed by atoms with Crippen LogP contribution in [0.15, 0.2) is 24.8 Å². The van der Waals surface area contributed by atoms with Gasteiger partial charge in [0, 0.05) is 17.4 Å². The maximum atomic E-state index is 11.8. The number of methoxy groups -OCH3 is 1. The fourth-order valence-corrected chi connectivity index (χ4v) is 3.66. The number of hydrogen-bond donors (Lipinski definition) is 3. The quantitative estimate of drug-likeness (QED) is 0.432. The van der Waals surface area contributed by atoms with Gasteiger partial charge in [-0.15, -0.1) is 6.58 Å². The molecule has 1 aliphatic heterocycles. The molecule has 6 N–H and O–H groups in total. The van der Waals surface area contributed by atoms with Crippen LogP contribution >= 0.6 is 0 Å². The van der Waals surface area contributed by atoms with Gasteiger partial charge in [0.1, 0.15) is 5.75 Å². The molecule has 0 spiro atoms. The van der Waals surface area contributed by atoms with Crippen molar-refractivity contribution in [2.75, 3.05) is 13.7 Å². The summed E-state index contributed by atoms with van der Waals surface area (Å²) in [6.45, 7) is 4.25. The van der Waals surface area contributed by atoms with E-state index in [2.05, 4.69) is 6.58 Å². The van der Waals surface area contributed by atoms with Crippen LogP contribution in [0.25, 0.3) is 0 Å². The molecule has 0 amide bonds. The van der Waals surface area contributed by atoms with Gasteiger partial charge in [-0.3, -0.25) is 0 Å². The first-order valence-corrected chi connectivity index (χ1v) is 7.25. The van der Waals surface area contributed by atoms with E-state index in [-0.39, 0.29) is 11.8 Å². The minimum Gasteiger partial charge on any atom is -0.493 e. The van der Waals surface area contributed by atoms with Gasteiger partial charge in [0.15, 0.2) is 0 Å². The lowest BCUT2D eigenvalue weighted by Crippen LogP contribution is -2.60. The molecule has 6 nitrogen and oxygen atoms in total. The fourth-order valence-electron chi connectivity index (χ4n) is 3.66. The predicted molar refractivity (Wildman–Crippen MR) is 82.4 cm³/mol. The molecule has 3 rings (SSSR count). The Morgan fingerprint density at radius 2 is 2.27 bits per heavy atom. The summed E-state index contributed by atoms with van der Waals surface area (Å²) >= 11 is 0. The summed E-state index contributed by atoms with van der Waals surface area (Å²) in [4.78, 5) is 11.8. The summed E-state index contributed by atoms with van der Waals surface area (Å²) in [5, 5.41) is 0. The zero-order valence-corrected chi connectivity index (χ0v) is 12.5. The highest BCUT2D eigenvalue weighted by atomic mass is 16.5. The lowest BCUT2D eigenvalue weighted by atomic mass is 9.78. The van der Waals surface area contributed by atoms with Crippen LogP contribution in [0.5, 0.6) is 5.75 Å². The molecule has 2 unspecified atom stereocenters. The van der Waals surface area contributed by atoms with E-state index >= 15 is 0 Å². The van der Waals surface area contributed by atoms with Crippen molar-refractivity contribution in [2.45, 2.75) is 24.0 Å². The Kier molecular flexibility index (Phi) is 3.47. The molecule has 1 heterocycles. The average molecular weight is 303 g/mol. The van der Waals surface area contributed by atoms with Crippen LogP contribution < -0.4 is 21.9 Å². The van der Waals surface area contributed by atoms with Gasteiger partial charge in [0.2, 0.25) is 0 Å². The van der Waals surface area contributed by atoms with E-state index in [1.165, 1.54) is 7.11 Å². The van der Waals surface area contributed by atoms with Gasteiger partial charge in [-0.25, -0.2) is 4.79 Å². The number of rotatable bonds is 3. The Morgan fingerprint density at radius 3 is 2.91 bits per heavy atom. The molecule has 1 aromatic rings. The van der Waals surface area contributed by atoms with Gasteiger partial charge in [0.25, 0.3) is 0 Å². The Balaban J connectivity index is 2.17. The molecule has 118 valence electrons. The zero-order valence-electron chi connectivity index (χ0n) is 12.5. The maximum Gasteiger partial charge on any atom is 0.337 e. The van der Waals surface area contributed by atoms with E-state index in [4.69, 9.17) is 26.7 Å². The molecular formula is C16H21N3O3. The SMILES string of the molecule is C=CC[C@@H]1COc2cc(C(=O)OC)cc3c2C1C(N)(N)C3N. The molecule has 6 heteroatoms. The van der Waals surface area contributed by atoms with Crippen LogP contribution in [-0.2, 0) is 4.74 Å². The first-order valence-electron chi connectivity index (χ1n) is 7.25. The van der Waals surface area contributed by atoms with Crippen LogP contribution in [-0.4, -0.2) is 25.3 Å². The zero-order chi connectivity index (χ0) is 16.1. The van der Waals surface area contributed by atoms with Crippen LogP contribution in [0.1, 0.15) is 39.9 Å². The maximum absolute atomic E-state index is 11.8. The number of carbonyl (C=O) groups excluding carboxylic acids is 1. The van der Waals surface area contributed by atoms with E-state index in [0.29, 0.717) is 17.9 Å². The summed E-state index contributed by atoms with van der Waals surface area (Å²) in [7, 11) is 1.33. The Morgan fingerprint density at radius 1 is 1.55 bits per heavy atom. The molecule has 0 saturated carbocycles. The van der Waals surface area contributed by atoms with Crippen LogP contribution in [0.3, 0.4) is 0 Å². The summed E-state index contributed by atoms with van der Waals surface area (Å²) in [6, 6.07) is 2.82. The lowest BCUT2D eigenvalue weighted by Gasteiger charge is -2.38. The number of nitrogens with two attached hydrogens (primary N) is 3. The minimum atomic E-state index is -1.08. The van der Waals surface area contributed by atoms with Gasteiger partial charge in [0.05, 0.1) is 31.0 Å². The predicted octanol–water partition coefficient (Wildman–Crippen LogP) is 0.769. The molecule has 1 aromatic carbocycles. The first kappa shape index (κ1) is 15.0. The van der Waals surface area contributed by atoms with E-state index in [0.717, 1.165) is 17.5 Å². The second-order valence-electron chi connectivity index (χ2n) is 6.02. The van der Waals surface area contributed by atoms with Crippen molar-refractivity contribution in [3.8, 4) is 5.75 Å². The third-order valence-electron chi connectivity index (χ3n) is 4.71. The van der Waals surface area contributed by atoms with Crippen LogP contribution in [0.4, 0.5) is 0 Å². The average Bonchev–Trinajstić information content (AvgIpc) is 2.71. The molecule has 1 aliphatic carbocycles. The molecule has 22 heavy (non-hydrogen) atoms. The molecule has 3 atom stereocenters. The number of allylic oxidation sites excluding steroid dienone is 1. The molecule has 0 fully saturated rings. The van der Waals surface area contributed by atoms with Crippen molar-refractivity contribution in [2.24, 2.45) is 23.1 Å². The first-order chi connectivity index (χ1) is 10.4. The number of ether oxygens (including phenoxy) is 2. The highest BCUT2D eigenvalue weighted by Crippen LogP contribution is 2.53. The van der Waals surface area contributed by atoms with Crippen molar-refractivity contribution < 1.29 is 14.3 Å². The standard InChI is InChI=1S/C16H21N3O3/c1-3-4-8-7-22-11-6-9(15(20)21-2)5-10-12(11)13(8)16(18,19)14(10)17/h3,5-6,8,13-14H,1,4,7,17-19H2,2H3/t8-,13?,14?/m1/s1. The number of hydrogen-bond acceptors (Lipinski definition) is 6. The summed E-state index contributed by atoms with van der Waals surface area (Å²) < 4.78 is 10.6. The van der Waals surface area contributed by atoms with Crippen molar-refractivity contribution in [3.05, 3.63) is 41.5 Å². The van der Waals surface area contributed by atoms with Gasteiger partial charge < -0.3 is 26.7 Å². The molecule has 0 aromatic heterocycles. The number of carbonyl (C=O) groups is 1. The van der Waals surface area contributed by atoms with Gasteiger partial charge in [-0.2, -0.15) is 0 Å². The summed E-state index contributed by atoms with van der Waals surface area (Å²) in [5.41, 5.74) is 20.0. The van der Waals surface area contributed by atoms with E-state index in [1.807, 2.05) is 6.08 Å². The molecule has 0 radical (unpaired) electrons. The van der Waals surface area contributed by atoms with Crippen LogP contribution in [0, 0.1) is 5.92 Å². The van der Waals surface area contributed by atoms with Crippen molar-refractivity contribution in [1.82, 2.24) is 0 Å². The third-order valence-corrected chi connectivity index (χ3v) is 4.71. The van der Waals surface area contributed by atoms with Crippen molar-refractivity contribution in [3.63, 3.8) is 0 Å². The fraction of sp³-hybridized carbons (Fsp3) is 0.438. The Labute approximate surface area is 129 Å². The lowest BCUT2D eigenvalue weighted by molar-refractivity contribution is 0.0599. The number of benzene rings is 1. The Hall–Kier alpha value is -1.89. The van der Waals surface area contributed by atoms with Gasteiger partial charge in [-0.1, -0.05) is 6.08 Å². The monoisotopic (exact) mass is 303 g/mol. The Bertz CT molecular complexity index is 642. The smallest absolute Gasteiger partial charge is 0.337 e. The number of esters is 1. The molecular weight excluding hydrogens is 282 g/mol. The minimum absolute atomic E-state index is 0.119. The third kappa shape index (κ3) is 1.95. The van der Waals surface area contributed by atoms with Gasteiger partial charge >= 0.3 is 5.97 Å². The topological polar surface area (TPSA) is 114 Å². The highest BCUT2D eigenvalue weighted by molar-refractivity contribution is 5.90. The summed E-state index contributed by atoms with van der Waals surface area (Å²) in [6.07, 6.45) is 2.58. The second-order valence-corrected chi connectivity index (χ2v) is 6.02.